The summed E-state index contributed by atoms with van der Waals surface area (Å²) in [7, 11) is 2.20. The minimum absolute atomic E-state index is 0.0900. The molecule has 2 heterocycles. The lowest BCUT2D eigenvalue weighted by molar-refractivity contribution is 0.162. The highest BCUT2D eigenvalue weighted by Gasteiger charge is 2.38. The summed E-state index contributed by atoms with van der Waals surface area (Å²) in [5.74, 6) is 0. The van der Waals surface area contributed by atoms with Crippen molar-refractivity contribution < 1.29 is 0 Å². The fraction of sp³-hybridized carbons (Fsp3) is 0.571. The largest absolute Gasteiger partial charge is 0.367 e. The maximum atomic E-state index is 3.78. The molecule has 1 fully saturated rings. The Kier molecular flexibility index (Phi) is 3.12. The second-order valence-electron chi connectivity index (χ2n) is 5.61. The Morgan fingerprint density at radius 1 is 1.33 bits per heavy atom. The predicted octanol–water partition coefficient (Wildman–Crippen LogP) is 2.95. The summed E-state index contributed by atoms with van der Waals surface area (Å²) in [5.41, 5.74) is 2.73. The average Bonchev–Trinajstić information content (AvgIpc) is 2.35. The molecule has 3 nitrogen and oxygen atoms in total. The van der Waals surface area contributed by atoms with Crippen molar-refractivity contribution in [3.8, 4) is 0 Å². The number of nitrogens with zero attached hydrogens (tertiary/aromatic N) is 1. The number of benzene rings is 1. The molecule has 1 aromatic carbocycles. The number of likely N-dealkylation sites (tertiary alicyclic amines) is 1. The minimum Gasteiger partial charge on any atom is -0.367 e. The van der Waals surface area contributed by atoms with Crippen LogP contribution in [0.4, 0.5) is 5.69 Å². The van der Waals surface area contributed by atoms with Gasteiger partial charge in [0, 0.05) is 29.3 Å². The highest BCUT2D eigenvalue weighted by Crippen LogP contribution is 2.37. The van der Waals surface area contributed by atoms with Crippen LogP contribution >= 0.6 is 15.9 Å². The first-order valence-electron chi connectivity index (χ1n) is 6.62. The zero-order valence-corrected chi connectivity index (χ0v) is 12.5. The molecule has 0 aliphatic carbocycles. The number of nitrogens with one attached hydrogen (secondary N) is 2. The second-order valence-corrected chi connectivity index (χ2v) is 6.52. The molecule has 2 aliphatic rings. The van der Waals surface area contributed by atoms with Gasteiger partial charge in [0.15, 0.2) is 0 Å². The Balaban J connectivity index is 1.89. The summed E-state index contributed by atoms with van der Waals surface area (Å²) in [6.45, 7) is 4.56. The zero-order valence-electron chi connectivity index (χ0n) is 11.0. The number of hydrogen-bond acceptors (Lipinski definition) is 3. The molecule has 3 rings (SSSR count). The van der Waals surface area contributed by atoms with Crippen molar-refractivity contribution in [2.75, 3.05) is 25.5 Å². The number of piperidine rings is 1. The van der Waals surface area contributed by atoms with E-state index < -0.39 is 0 Å². The molecule has 1 unspecified atom stereocenters. The Morgan fingerprint density at radius 2 is 2.06 bits per heavy atom. The summed E-state index contributed by atoms with van der Waals surface area (Å²) >= 11 is 3.55. The van der Waals surface area contributed by atoms with E-state index in [-0.39, 0.29) is 5.66 Å². The number of rotatable bonds is 0. The van der Waals surface area contributed by atoms with Crippen molar-refractivity contribution in [2.45, 2.75) is 31.5 Å². The Labute approximate surface area is 117 Å². The molecule has 1 aromatic rings. The van der Waals surface area contributed by atoms with Crippen LogP contribution in [-0.2, 0) is 0 Å². The number of fused-ring (bicyclic) bond motifs is 1. The van der Waals surface area contributed by atoms with Crippen LogP contribution in [0.5, 0.6) is 0 Å². The fourth-order valence-electron chi connectivity index (χ4n) is 3.06. The molecule has 2 N–H and O–H groups in total. The number of anilines is 1. The Bertz CT molecular complexity index is 452. The molecule has 4 heteroatoms. The van der Waals surface area contributed by atoms with E-state index in [2.05, 4.69) is 63.6 Å². The van der Waals surface area contributed by atoms with Crippen molar-refractivity contribution >= 4 is 21.6 Å². The summed E-state index contributed by atoms with van der Waals surface area (Å²) in [5, 5.41) is 7.51. The van der Waals surface area contributed by atoms with Crippen LogP contribution in [0.2, 0.25) is 0 Å². The second kappa shape index (κ2) is 4.51. The summed E-state index contributed by atoms with van der Waals surface area (Å²) in [4.78, 5) is 2.40. The molecule has 98 valence electrons. The fourth-order valence-corrected chi connectivity index (χ4v) is 3.44. The molecule has 0 amide bonds. The molecular weight excluding hydrogens is 290 g/mol. The first-order valence-corrected chi connectivity index (χ1v) is 7.41. The van der Waals surface area contributed by atoms with Crippen molar-refractivity contribution in [3.63, 3.8) is 0 Å². The molecule has 1 atom stereocenters. The number of hydrogen-bond donors (Lipinski definition) is 2. The van der Waals surface area contributed by atoms with E-state index in [1.54, 1.807) is 0 Å². The van der Waals surface area contributed by atoms with Gasteiger partial charge in [0.05, 0.1) is 5.66 Å². The molecule has 0 radical (unpaired) electrons. The molecule has 0 aromatic heterocycles. The molecular formula is C14H20BrN3. The van der Waals surface area contributed by atoms with Gasteiger partial charge in [0.25, 0.3) is 0 Å². The van der Waals surface area contributed by atoms with E-state index in [0.29, 0.717) is 6.04 Å². The van der Waals surface area contributed by atoms with Gasteiger partial charge in [-0.05, 0) is 50.6 Å². The van der Waals surface area contributed by atoms with Crippen LogP contribution in [0.15, 0.2) is 22.7 Å². The number of halogens is 1. The molecule has 18 heavy (non-hydrogen) atoms. The molecule has 2 aliphatic heterocycles. The minimum atomic E-state index is 0.0900. The zero-order chi connectivity index (χ0) is 12.8. The Hall–Kier alpha value is -0.580. The van der Waals surface area contributed by atoms with Crippen LogP contribution in [0.1, 0.15) is 31.4 Å². The van der Waals surface area contributed by atoms with Gasteiger partial charge in [-0.2, -0.15) is 0 Å². The van der Waals surface area contributed by atoms with Crippen molar-refractivity contribution in [1.82, 2.24) is 10.2 Å². The lowest BCUT2D eigenvalue weighted by atomic mass is 9.90. The quantitative estimate of drug-likeness (QED) is 0.771. The van der Waals surface area contributed by atoms with Crippen LogP contribution < -0.4 is 10.6 Å². The molecule has 1 spiro atoms. The smallest absolute Gasteiger partial charge is 0.0910 e. The highest BCUT2D eigenvalue weighted by molar-refractivity contribution is 9.10. The van der Waals surface area contributed by atoms with E-state index in [1.165, 1.54) is 11.3 Å². The summed E-state index contributed by atoms with van der Waals surface area (Å²) < 4.78 is 1.15. The highest BCUT2D eigenvalue weighted by atomic mass is 79.9. The Morgan fingerprint density at radius 3 is 2.78 bits per heavy atom. The van der Waals surface area contributed by atoms with Crippen molar-refractivity contribution in [3.05, 3.63) is 28.2 Å². The van der Waals surface area contributed by atoms with Crippen LogP contribution in [0.25, 0.3) is 0 Å². The van der Waals surface area contributed by atoms with Gasteiger partial charge in [-0.25, -0.2) is 0 Å². The summed E-state index contributed by atoms with van der Waals surface area (Å²) in [6.07, 6.45) is 2.31. The standard InChI is InChI=1S/C14H20BrN3/c1-10-12-9-11(15)3-4-13(12)17-14(16-10)5-7-18(2)8-6-14/h3-4,9-10,16-17H,5-8H2,1-2H3. The van der Waals surface area contributed by atoms with Crippen molar-refractivity contribution in [1.29, 1.82) is 0 Å². The monoisotopic (exact) mass is 309 g/mol. The first kappa shape index (κ1) is 12.5. The summed E-state index contributed by atoms with van der Waals surface area (Å²) in [6, 6.07) is 6.92. The van der Waals surface area contributed by atoms with Gasteiger partial charge in [-0.15, -0.1) is 0 Å². The van der Waals surface area contributed by atoms with Gasteiger partial charge in [-0.3, -0.25) is 5.32 Å². The predicted molar refractivity (Wildman–Crippen MR) is 78.8 cm³/mol. The SMILES string of the molecule is CC1NC2(CCN(C)CC2)Nc2ccc(Br)cc21. The molecule has 0 saturated carbocycles. The van der Waals surface area contributed by atoms with Gasteiger partial charge in [0.2, 0.25) is 0 Å². The maximum absolute atomic E-state index is 3.78. The normalized spacial score (nSPS) is 26.7. The van der Waals surface area contributed by atoms with Gasteiger partial charge in [0.1, 0.15) is 0 Å². The van der Waals surface area contributed by atoms with E-state index in [9.17, 15) is 0 Å². The van der Waals surface area contributed by atoms with E-state index in [4.69, 9.17) is 0 Å². The molecule has 0 bridgehead atoms. The third kappa shape index (κ3) is 2.17. The third-order valence-electron chi connectivity index (χ3n) is 4.19. The topological polar surface area (TPSA) is 27.3 Å². The lowest BCUT2D eigenvalue weighted by Gasteiger charge is -2.48. The van der Waals surface area contributed by atoms with Gasteiger partial charge in [-0.1, -0.05) is 15.9 Å². The van der Waals surface area contributed by atoms with E-state index in [1.807, 2.05) is 0 Å². The van der Waals surface area contributed by atoms with Crippen LogP contribution in [-0.4, -0.2) is 30.7 Å². The van der Waals surface area contributed by atoms with Gasteiger partial charge >= 0.3 is 0 Å². The van der Waals surface area contributed by atoms with Crippen LogP contribution in [0.3, 0.4) is 0 Å². The maximum Gasteiger partial charge on any atom is 0.0910 e. The first-order chi connectivity index (χ1) is 8.58. The van der Waals surface area contributed by atoms with Crippen molar-refractivity contribution in [2.24, 2.45) is 0 Å². The third-order valence-corrected chi connectivity index (χ3v) is 4.68. The lowest BCUT2D eigenvalue weighted by Crippen LogP contribution is -2.60. The average molecular weight is 310 g/mol. The molecule has 1 saturated heterocycles. The van der Waals surface area contributed by atoms with E-state index >= 15 is 0 Å². The van der Waals surface area contributed by atoms with Crippen LogP contribution in [0, 0.1) is 0 Å². The van der Waals surface area contributed by atoms with Gasteiger partial charge < -0.3 is 10.2 Å². The van der Waals surface area contributed by atoms with E-state index in [0.717, 1.165) is 30.4 Å².